The maximum absolute atomic E-state index is 12.4. The predicted molar refractivity (Wildman–Crippen MR) is 100 cm³/mol. The first-order valence-electron chi connectivity index (χ1n) is 8.76. The second kappa shape index (κ2) is 7.35. The highest BCUT2D eigenvalue weighted by atomic mass is 31.2. The average molecular weight is 425 g/mol. The van der Waals surface area contributed by atoms with Gasteiger partial charge in [-0.3, -0.25) is 14.3 Å². The fourth-order valence-corrected chi connectivity index (χ4v) is 4.39. The summed E-state index contributed by atoms with van der Waals surface area (Å²) in [6.45, 7) is 1.45. The highest BCUT2D eigenvalue weighted by molar-refractivity contribution is 7.51. The Kier molecular flexibility index (Phi) is 5.00. The molecule has 3 aromatic heterocycles. The topological polar surface area (TPSA) is 183 Å². The van der Waals surface area contributed by atoms with Gasteiger partial charge in [0, 0.05) is 12.4 Å². The molecule has 4 heterocycles. The van der Waals surface area contributed by atoms with Gasteiger partial charge in [0.2, 0.25) is 5.95 Å². The van der Waals surface area contributed by atoms with Crippen LogP contribution < -0.4 is 11.3 Å². The van der Waals surface area contributed by atoms with Gasteiger partial charge in [-0.05, 0) is 13.3 Å². The van der Waals surface area contributed by atoms with Crippen LogP contribution in [-0.2, 0) is 13.8 Å². The molecule has 4 rings (SSSR count). The van der Waals surface area contributed by atoms with Crippen molar-refractivity contribution in [1.29, 1.82) is 0 Å². The number of aliphatic hydroxyl groups excluding tert-OH is 1. The van der Waals surface area contributed by atoms with Gasteiger partial charge in [0.25, 0.3) is 5.56 Å². The third kappa shape index (κ3) is 3.70. The number of nitrogen functional groups attached to an aromatic ring is 1. The van der Waals surface area contributed by atoms with Crippen molar-refractivity contribution < 1.29 is 23.8 Å². The molecule has 0 bridgehead atoms. The molecule has 13 nitrogen and oxygen atoms in total. The number of ether oxygens (including phenoxy) is 1. The summed E-state index contributed by atoms with van der Waals surface area (Å²) in [5.41, 5.74) is 5.57. The Morgan fingerprint density at radius 3 is 2.97 bits per heavy atom. The number of hydrogen-bond acceptors (Lipinski definition) is 9. The van der Waals surface area contributed by atoms with Crippen LogP contribution in [0.5, 0.6) is 0 Å². The van der Waals surface area contributed by atoms with Crippen molar-refractivity contribution in [3.63, 3.8) is 0 Å². The van der Waals surface area contributed by atoms with Crippen molar-refractivity contribution in [3.05, 3.63) is 34.9 Å². The Morgan fingerprint density at radius 2 is 2.28 bits per heavy atom. The van der Waals surface area contributed by atoms with Crippen LogP contribution in [0.15, 0.2) is 23.5 Å². The minimum absolute atomic E-state index is 0.0405. The third-order valence-electron chi connectivity index (χ3n) is 4.77. The molecule has 1 saturated heterocycles. The number of aryl methyl sites for hydroxylation is 1. The number of nitrogens with one attached hydrogen (secondary N) is 1. The molecule has 0 saturated carbocycles. The van der Waals surface area contributed by atoms with Crippen LogP contribution in [0.4, 0.5) is 5.95 Å². The molecular weight excluding hydrogens is 405 g/mol. The molecular formula is C15H20N7O6P. The van der Waals surface area contributed by atoms with Gasteiger partial charge in [-0.2, -0.15) is 4.98 Å². The minimum Gasteiger partial charge on any atom is -0.390 e. The molecule has 0 aliphatic carbocycles. The number of nitrogens with zero attached hydrogens (tertiary/aromatic N) is 5. The van der Waals surface area contributed by atoms with Crippen molar-refractivity contribution in [2.75, 3.05) is 18.9 Å². The summed E-state index contributed by atoms with van der Waals surface area (Å²) in [5.74, 6) is 0.288. The Hall–Kier alpha value is -2.57. The van der Waals surface area contributed by atoms with Crippen LogP contribution in [0.1, 0.15) is 18.3 Å². The number of nitrogens with two attached hydrogens (primary N) is 1. The van der Waals surface area contributed by atoms with E-state index in [4.69, 9.17) is 15.0 Å². The minimum atomic E-state index is -4.15. The fraction of sp³-hybridized carbons (Fsp3) is 0.467. The van der Waals surface area contributed by atoms with Gasteiger partial charge >= 0.3 is 7.75 Å². The highest BCUT2D eigenvalue weighted by Gasteiger charge is 2.35. The van der Waals surface area contributed by atoms with Crippen molar-refractivity contribution in [2.45, 2.75) is 31.6 Å². The zero-order valence-electron chi connectivity index (χ0n) is 15.4. The van der Waals surface area contributed by atoms with Crippen molar-refractivity contribution in [2.24, 2.45) is 0 Å². The van der Waals surface area contributed by atoms with Crippen LogP contribution in [0, 0.1) is 6.92 Å². The predicted octanol–water partition coefficient (Wildman–Crippen LogP) is -0.437. The van der Waals surface area contributed by atoms with E-state index in [0.717, 1.165) is 4.34 Å². The Balaban J connectivity index is 1.45. The van der Waals surface area contributed by atoms with E-state index in [1.165, 1.54) is 18.7 Å². The third-order valence-corrected chi connectivity index (χ3v) is 6.22. The first-order chi connectivity index (χ1) is 13.8. The second-order valence-corrected chi connectivity index (χ2v) is 8.38. The Bertz CT molecular complexity index is 1140. The maximum Gasteiger partial charge on any atom is 0.437 e. The highest BCUT2D eigenvalue weighted by Crippen LogP contribution is 2.44. The van der Waals surface area contributed by atoms with Crippen molar-refractivity contribution in [1.82, 2.24) is 28.8 Å². The number of rotatable bonds is 5. The maximum atomic E-state index is 12.4. The van der Waals surface area contributed by atoms with Gasteiger partial charge in [-0.15, -0.1) is 0 Å². The number of H-pyrrole nitrogens is 1. The molecule has 0 spiro atoms. The van der Waals surface area contributed by atoms with E-state index in [1.54, 1.807) is 11.5 Å². The van der Waals surface area contributed by atoms with Crippen LogP contribution in [0.3, 0.4) is 0 Å². The summed E-state index contributed by atoms with van der Waals surface area (Å²) in [6, 6.07) is -0.350. The first-order valence-corrected chi connectivity index (χ1v) is 10.3. The van der Waals surface area contributed by atoms with E-state index in [2.05, 4.69) is 19.9 Å². The van der Waals surface area contributed by atoms with Crippen LogP contribution in [-0.4, -0.2) is 64.3 Å². The summed E-state index contributed by atoms with van der Waals surface area (Å²) in [7, 11) is -4.15. The van der Waals surface area contributed by atoms with Crippen LogP contribution in [0.25, 0.3) is 11.2 Å². The standard InChI is InChI=1S/C15H20N7O6P/c1-8-17-2-3-22(8)29(25,26)28-6-11-10(23)4-9(5-27-11)21-7-18-12-13(21)19-15(16)20-14(12)24/h2-3,7,9-11,23H,4-6H2,1H3,(H,25,26)(H3,16,19,20,24)/t9-,10-,11+/m0/s1. The van der Waals surface area contributed by atoms with Crippen molar-refractivity contribution in [3.8, 4) is 0 Å². The lowest BCUT2D eigenvalue weighted by Crippen LogP contribution is -2.42. The molecule has 1 aliphatic heterocycles. The van der Waals surface area contributed by atoms with E-state index < -0.39 is 25.5 Å². The lowest BCUT2D eigenvalue weighted by Gasteiger charge is -2.34. The number of aromatic amines is 1. The molecule has 1 aliphatic rings. The number of imidazole rings is 2. The monoisotopic (exact) mass is 425 g/mol. The summed E-state index contributed by atoms with van der Waals surface area (Å²) in [4.78, 5) is 36.4. The number of hydrogen-bond donors (Lipinski definition) is 4. The molecule has 1 fully saturated rings. The summed E-state index contributed by atoms with van der Waals surface area (Å²) >= 11 is 0. The molecule has 156 valence electrons. The summed E-state index contributed by atoms with van der Waals surface area (Å²) in [5, 5.41) is 10.5. The quantitative estimate of drug-likeness (QED) is 0.391. The number of fused-ring (bicyclic) bond motifs is 1. The molecule has 0 aromatic carbocycles. The van der Waals surface area contributed by atoms with Gasteiger partial charge in [0.15, 0.2) is 11.2 Å². The van der Waals surface area contributed by atoms with Gasteiger partial charge in [-0.25, -0.2) is 18.9 Å². The molecule has 0 amide bonds. The zero-order valence-corrected chi connectivity index (χ0v) is 16.3. The van der Waals surface area contributed by atoms with Gasteiger partial charge in [0.05, 0.1) is 31.7 Å². The number of aromatic nitrogens is 6. The molecule has 3 aromatic rings. The van der Waals surface area contributed by atoms with E-state index in [1.807, 2.05) is 0 Å². The lowest BCUT2D eigenvalue weighted by atomic mass is 10.0. The van der Waals surface area contributed by atoms with Gasteiger partial charge in [0.1, 0.15) is 11.9 Å². The van der Waals surface area contributed by atoms with E-state index in [0.29, 0.717) is 5.82 Å². The molecule has 4 atom stereocenters. The largest absolute Gasteiger partial charge is 0.437 e. The number of anilines is 1. The zero-order chi connectivity index (χ0) is 20.8. The van der Waals surface area contributed by atoms with Gasteiger partial charge in [-0.1, -0.05) is 0 Å². The normalized spacial score (nSPS) is 24.6. The lowest BCUT2D eigenvalue weighted by molar-refractivity contribution is -0.109. The second-order valence-electron chi connectivity index (χ2n) is 6.71. The van der Waals surface area contributed by atoms with E-state index in [9.17, 15) is 19.4 Å². The summed E-state index contributed by atoms with van der Waals surface area (Å²) in [6.07, 6.45) is 2.64. The average Bonchev–Trinajstić information content (AvgIpc) is 3.27. The van der Waals surface area contributed by atoms with Gasteiger partial charge < -0.3 is 25.0 Å². The molecule has 1 unspecified atom stereocenters. The summed E-state index contributed by atoms with van der Waals surface area (Å²) < 4.78 is 25.8. The molecule has 0 radical (unpaired) electrons. The van der Waals surface area contributed by atoms with Crippen LogP contribution in [0.2, 0.25) is 0 Å². The molecule has 14 heteroatoms. The Labute approximate surface area is 163 Å². The fourth-order valence-electron chi connectivity index (χ4n) is 3.28. The number of aliphatic hydroxyl groups is 1. The molecule has 29 heavy (non-hydrogen) atoms. The SMILES string of the molecule is Cc1nccn1P(=O)(O)OC[C@H]1OC[C@@H](n2cnc3c(=O)[nH]c(N)nc32)C[C@@H]1O. The van der Waals surface area contributed by atoms with Crippen LogP contribution >= 0.6 is 7.75 Å². The van der Waals surface area contributed by atoms with Crippen molar-refractivity contribution >= 4 is 24.9 Å². The molecule has 5 N–H and O–H groups in total. The Morgan fingerprint density at radius 1 is 1.48 bits per heavy atom. The first kappa shape index (κ1) is 19.7. The smallest absolute Gasteiger partial charge is 0.390 e. The van der Waals surface area contributed by atoms with E-state index in [-0.39, 0.29) is 42.8 Å². The van der Waals surface area contributed by atoms with E-state index >= 15 is 0 Å².